The van der Waals surface area contributed by atoms with Crippen LogP contribution in [0.2, 0.25) is 0 Å². The lowest BCUT2D eigenvalue weighted by Crippen LogP contribution is -2.32. The third-order valence-corrected chi connectivity index (χ3v) is 5.76. The molecular formula is C24H29F3N6O4. The maximum Gasteiger partial charge on any atom is 0.471 e. The van der Waals surface area contributed by atoms with E-state index < -0.39 is 24.2 Å². The molecule has 13 heteroatoms. The molecule has 2 heterocycles. The Balaban J connectivity index is 1.74. The standard InChI is InChI=1S/C24H29F3N6O4/c1-3-32(4-2)22-28-14-19(30-21(35)24(25,26)27)20(31-22)29-17(15-34)13-16-7-9-18(10-8-16)37-23(36)33-11-5-6-12-33/h7-10,14-15,17H,3-6,11-13H2,1-2H3,(H,30,35)(H,28,29,31)/t17-/m0/s1. The quantitative estimate of drug-likeness (QED) is 0.455. The van der Waals surface area contributed by atoms with E-state index in [1.165, 1.54) is 0 Å². The monoisotopic (exact) mass is 522 g/mol. The minimum Gasteiger partial charge on any atom is -0.410 e. The van der Waals surface area contributed by atoms with E-state index in [-0.39, 0.29) is 23.9 Å². The molecule has 1 aliphatic heterocycles. The van der Waals surface area contributed by atoms with E-state index >= 15 is 0 Å². The normalized spacial score (nSPS) is 14.1. The van der Waals surface area contributed by atoms with Crippen molar-refractivity contribution in [3.05, 3.63) is 36.0 Å². The zero-order valence-electron chi connectivity index (χ0n) is 20.5. The van der Waals surface area contributed by atoms with Crippen molar-refractivity contribution in [1.82, 2.24) is 14.9 Å². The van der Waals surface area contributed by atoms with Crippen molar-refractivity contribution in [2.75, 3.05) is 41.7 Å². The van der Waals surface area contributed by atoms with E-state index in [9.17, 15) is 27.6 Å². The van der Waals surface area contributed by atoms with Crippen LogP contribution in [0.1, 0.15) is 32.3 Å². The number of aromatic nitrogens is 2. The predicted molar refractivity (Wildman–Crippen MR) is 131 cm³/mol. The summed E-state index contributed by atoms with van der Waals surface area (Å²) in [5, 5.41) is 4.57. The summed E-state index contributed by atoms with van der Waals surface area (Å²) in [4.78, 5) is 47.2. The molecule has 1 aliphatic rings. The summed E-state index contributed by atoms with van der Waals surface area (Å²) < 4.78 is 43.8. The number of benzene rings is 1. The molecule has 0 spiro atoms. The third kappa shape index (κ3) is 7.54. The Morgan fingerprint density at radius 3 is 2.38 bits per heavy atom. The summed E-state index contributed by atoms with van der Waals surface area (Å²) in [6.07, 6.45) is -1.83. The molecule has 1 aromatic heterocycles. The van der Waals surface area contributed by atoms with Crippen LogP contribution in [0.25, 0.3) is 0 Å². The molecule has 1 aromatic carbocycles. The van der Waals surface area contributed by atoms with Crippen molar-refractivity contribution in [2.45, 2.75) is 45.3 Å². The minimum absolute atomic E-state index is 0.122. The molecule has 200 valence electrons. The van der Waals surface area contributed by atoms with Crippen LogP contribution in [0.15, 0.2) is 30.5 Å². The topological polar surface area (TPSA) is 117 Å². The molecule has 2 amide bonds. The van der Waals surface area contributed by atoms with Gasteiger partial charge in [-0.05, 0) is 50.8 Å². The molecule has 1 atom stereocenters. The van der Waals surface area contributed by atoms with Crippen LogP contribution in [-0.4, -0.2) is 71.6 Å². The molecule has 0 bridgehead atoms. The smallest absolute Gasteiger partial charge is 0.410 e. The first-order chi connectivity index (χ1) is 17.6. The highest BCUT2D eigenvalue weighted by Crippen LogP contribution is 2.26. The van der Waals surface area contributed by atoms with E-state index in [1.807, 2.05) is 13.8 Å². The summed E-state index contributed by atoms with van der Waals surface area (Å²) >= 11 is 0. The number of rotatable bonds is 10. The second-order valence-corrected chi connectivity index (χ2v) is 8.35. The Bertz CT molecular complexity index is 1090. The summed E-state index contributed by atoms with van der Waals surface area (Å²) in [5.41, 5.74) is 0.388. The number of likely N-dealkylation sites (tertiary alicyclic amines) is 1. The van der Waals surface area contributed by atoms with Gasteiger partial charge in [0.25, 0.3) is 0 Å². The SMILES string of the molecule is CCN(CC)c1ncc(NC(=O)C(F)(F)F)c(N[C@H](C=O)Cc2ccc(OC(=O)N3CCCC3)cc2)n1. The number of aldehydes is 1. The highest BCUT2D eigenvalue weighted by atomic mass is 19.4. The number of carbonyl (C=O) groups is 3. The average Bonchev–Trinajstić information content (AvgIpc) is 3.41. The van der Waals surface area contributed by atoms with E-state index in [2.05, 4.69) is 15.3 Å². The summed E-state index contributed by atoms with van der Waals surface area (Å²) in [6, 6.07) is 5.67. The van der Waals surface area contributed by atoms with Crippen molar-refractivity contribution < 1.29 is 32.3 Å². The Morgan fingerprint density at radius 2 is 1.81 bits per heavy atom. The lowest BCUT2D eigenvalue weighted by Gasteiger charge is -2.22. The Labute approximate surface area is 212 Å². The molecular weight excluding hydrogens is 493 g/mol. The first kappa shape index (κ1) is 27.7. The van der Waals surface area contributed by atoms with Gasteiger partial charge in [-0.25, -0.2) is 9.78 Å². The van der Waals surface area contributed by atoms with E-state index in [0.29, 0.717) is 43.8 Å². The molecule has 10 nitrogen and oxygen atoms in total. The number of hydrogen-bond acceptors (Lipinski definition) is 8. The second kappa shape index (κ2) is 12.4. The van der Waals surface area contributed by atoms with Gasteiger partial charge >= 0.3 is 18.2 Å². The summed E-state index contributed by atoms with van der Waals surface area (Å²) in [6.45, 7) is 6.12. The van der Waals surface area contributed by atoms with Crippen molar-refractivity contribution in [3.8, 4) is 5.75 Å². The Kier molecular flexibility index (Phi) is 9.25. The highest BCUT2D eigenvalue weighted by molar-refractivity contribution is 5.97. The molecule has 0 unspecified atom stereocenters. The number of hydrogen-bond donors (Lipinski definition) is 2. The van der Waals surface area contributed by atoms with Gasteiger partial charge in [0, 0.05) is 26.2 Å². The summed E-state index contributed by atoms with van der Waals surface area (Å²) in [7, 11) is 0. The first-order valence-electron chi connectivity index (χ1n) is 11.9. The van der Waals surface area contributed by atoms with Crippen LogP contribution >= 0.6 is 0 Å². The zero-order valence-corrected chi connectivity index (χ0v) is 20.5. The fourth-order valence-electron chi connectivity index (χ4n) is 3.75. The largest absolute Gasteiger partial charge is 0.471 e. The van der Waals surface area contributed by atoms with E-state index in [0.717, 1.165) is 19.0 Å². The number of ether oxygens (including phenoxy) is 1. The first-order valence-corrected chi connectivity index (χ1v) is 11.9. The van der Waals surface area contributed by atoms with Crippen molar-refractivity contribution >= 4 is 35.7 Å². The third-order valence-electron chi connectivity index (χ3n) is 5.76. The second-order valence-electron chi connectivity index (χ2n) is 8.35. The maximum atomic E-state index is 12.8. The summed E-state index contributed by atoms with van der Waals surface area (Å²) in [5.74, 6) is -1.72. The van der Waals surface area contributed by atoms with Gasteiger partial charge in [0.15, 0.2) is 5.82 Å². The molecule has 0 radical (unpaired) electrons. The van der Waals surface area contributed by atoms with Gasteiger partial charge in [-0.15, -0.1) is 0 Å². The number of nitrogens with zero attached hydrogens (tertiary/aromatic N) is 4. The van der Waals surface area contributed by atoms with Gasteiger partial charge in [-0.2, -0.15) is 18.2 Å². The average molecular weight is 523 g/mol. The number of halogens is 3. The van der Waals surface area contributed by atoms with Gasteiger partial charge in [-0.1, -0.05) is 12.1 Å². The zero-order chi connectivity index (χ0) is 27.0. The van der Waals surface area contributed by atoms with Crippen molar-refractivity contribution in [3.63, 3.8) is 0 Å². The van der Waals surface area contributed by atoms with Gasteiger partial charge in [0.05, 0.1) is 12.2 Å². The number of nitrogens with one attached hydrogen (secondary N) is 2. The molecule has 3 rings (SSSR count). The van der Waals surface area contributed by atoms with Crippen molar-refractivity contribution in [2.24, 2.45) is 0 Å². The van der Waals surface area contributed by atoms with Crippen molar-refractivity contribution in [1.29, 1.82) is 0 Å². The fraction of sp³-hybridized carbons (Fsp3) is 0.458. The molecule has 1 fully saturated rings. The maximum absolute atomic E-state index is 12.8. The van der Waals surface area contributed by atoms with Crippen LogP contribution in [0.3, 0.4) is 0 Å². The van der Waals surface area contributed by atoms with Gasteiger partial charge in [0.1, 0.15) is 17.7 Å². The number of anilines is 3. The highest BCUT2D eigenvalue weighted by Gasteiger charge is 2.39. The van der Waals surface area contributed by atoms with Gasteiger partial charge < -0.3 is 30.0 Å². The van der Waals surface area contributed by atoms with Gasteiger partial charge in [0.2, 0.25) is 5.95 Å². The molecule has 2 N–H and O–H groups in total. The number of carbonyl (C=O) groups excluding carboxylic acids is 3. The Morgan fingerprint density at radius 1 is 1.16 bits per heavy atom. The van der Waals surface area contributed by atoms with Crippen LogP contribution < -0.4 is 20.3 Å². The number of amides is 2. The van der Waals surface area contributed by atoms with Crippen LogP contribution in [-0.2, 0) is 16.0 Å². The molecule has 0 aliphatic carbocycles. The lowest BCUT2D eigenvalue weighted by atomic mass is 10.1. The molecule has 2 aromatic rings. The van der Waals surface area contributed by atoms with E-state index in [4.69, 9.17) is 4.74 Å². The van der Waals surface area contributed by atoms with Crippen LogP contribution in [0, 0.1) is 0 Å². The van der Waals surface area contributed by atoms with E-state index in [1.54, 1.807) is 39.4 Å². The van der Waals surface area contributed by atoms with Crippen LogP contribution in [0.5, 0.6) is 5.75 Å². The lowest BCUT2D eigenvalue weighted by molar-refractivity contribution is -0.167. The number of alkyl halides is 3. The minimum atomic E-state index is -5.11. The molecule has 1 saturated heterocycles. The Hall–Kier alpha value is -3.90. The van der Waals surface area contributed by atoms with Gasteiger partial charge in [-0.3, -0.25) is 4.79 Å². The van der Waals surface area contributed by atoms with Crippen LogP contribution in [0.4, 0.5) is 35.4 Å². The molecule has 37 heavy (non-hydrogen) atoms. The predicted octanol–water partition coefficient (Wildman–Crippen LogP) is 3.64. The molecule has 0 saturated carbocycles. The fourth-order valence-corrected chi connectivity index (χ4v) is 3.75.